The molecule has 0 aliphatic rings. The van der Waals surface area contributed by atoms with Crippen LogP contribution in [0.2, 0.25) is 0 Å². The topological polar surface area (TPSA) is 110 Å². The smallest absolute Gasteiger partial charge is 0.451 e. The number of esters is 1. The van der Waals surface area contributed by atoms with Gasteiger partial charge in [0.1, 0.15) is 11.9 Å². The van der Waals surface area contributed by atoms with Crippen molar-refractivity contribution >= 4 is 44.7 Å². The number of carbonyl (C=O) groups is 1. The Bertz CT molecular complexity index is 1350. The van der Waals surface area contributed by atoms with E-state index < -0.39 is 28.1 Å². The molecule has 1 aromatic heterocycles. The summed E-state index contributed by atoms with van der Waals surface area (Å²) in [7, 11) is -3.99. The monoisotopic (exact) mass is 528 g/mol. The third-order valence-electron chi connectivity index (χ3n) is 4.78. The van der Waals surface area contributed by atoms with Gasteiger partial charge in [-0.1, -0.05) is 36.4 Å². The van der Waals surface area contributed by atoms with Gasteiger partial charge in [0, 0.05) is 0 Å². The maximum absolute atomic E-state index is 13.4. The molecule has 12 heteroatoms. The first-order chi connectivity index (χ1) is 15.9. The predicted octanol–water partition coefficient (Wildman–Crippen LogP) is 5.42. The lowest BCUT2D eigenvalue weighted by Crippen LogP contribution is -2.26. The average Bonchev–Trinajstić information content (AvgIpc) is 3.24. The highest BCUT2D eigenvalue weighted by Gasteiger charge is 2.42. The van der Waals surface area contributed by atoms with Crippen LogP contribution in [0.1, 0.15) is 23.5 Å². The molecule has 0 spiro atoms. The zero-order valence-corrected chi connectivity index (χ0v) is 20.3. The van der Waals surface area contributed by atoms with Crippen LogP contribution < -0.4 is 5.73 Å². The van der Waals surface area contributed by atoms with Crippen molar-refractivity contribution in [1.82, 2.24) is 0 Å². The van der Waals surface area contributed by atoms with Crippen molar-refractivity contribution in [2.75, 3.05) is 6.26 Å². The molecule has 1 heterocycles. The maximum Gasteiger partial charge on any atom is 0.490 e. The Kier molecular flexibility index (Phi) is 7.44. The van der Waals surface area contributed by atoms with Crippen LogP contribution in [0.15, 0.2) is 68.6 Å². The average molecular weight is 529 g/mol. The van der Waals surface area contributed by atoms with Crippen molar-refractivity contribution in [3.8, 4) is 11.1 Å². The minimum Gasteiger partial charge on any atom is -0.451 e. The molecule has 6 nitrogen and oxygen atoms in total. The van der Waals surface area contributed by atoms with Gasteiger partial charge in [-0.2, -0.15) is 13.2 Å². The summed E-state index contributed by atoms with van der Waals surface area (Å²) in [6, 6.07) is 13.6. The van der Waals surface area contributed by atoms with Crippen LogP contribution in [-0.2, 0) is 19.4 Å². The second kappa shape index (κ2) is 9.80. The van der Waals surface area contributed by atoms with E-state index in [1.807, 2.05) is 0 Å². The number of thiophene rings is 1. The second-order valence-electron chi connectivity index (χ2n) is 7.04. The van der Waals surface area contributed by atoms with Crippen molar-refractivity contribution in [2.24, 2.45) is 5.73 Å². The lowest BCUT2D eigenvalue weighted by molar-refractivity contribution is -0.204. The van der Waals surface area contributed by atoms with Crippen molar-refractivity contribution in [3.05, 3.63) is 65.0 Å². The molecule has 0 saturated carbocycles. The number of alkyl halides is 3. The molecule has 0 bridgehead atoms. The number of carbonyl (C=O) groups excluding carboxylic acids is 1. The summed E-state index contributed by atoms with van der Waals surface area (Å²) in [6.07, 6.45) is -4.65. The lowest BCUT2D eigenvalue weighted by atomic mass is 9.97. The maximum atomic E-state index is 13.4. The minimum atomic E-state index is -5.13. The Morgan fingerprint density at radius 3 is 2.44 bits per heavy atom. The predicted molar refractivity (Wildman–Crippen MR) is 125 cm³/mol. The van der Waals surface area contributed by atoms with E-state index in [0.29, 0.717) is 20.2 Å². The van der Waals surface area contributed by atoms with E-state index in [2.05, 4.69) is 4.74 Å². The Labute approximate surface area is 202 Å². The molecule has 3 N–H and O–H groups in total. The van der Waals surface area contributed by atoms with Gasteiger partial charge in [0.15, 0.2) is 0 Å². The molecule has 34 heavy (non-hydrogen) atoms. The molecule has 0 aliphatic carbocycles. The summed E-state index contributed by atoms with van der Waals surface area (Å²) in [6.45, 7) is 1.31. The first kappa shape index (κ1) is 25.8. The highest BCUT2D eigenvalue weighted by Crippen LogP contribution is 2.38. The number of rotatable bonds is 7. The largest absolute Gasteiger partial charge is 0.490 e. The minimum absolute atomic E-state index is 0.0214. The normalized spacial score (nSPS) is 12.9. The zero-order valence-electron chi connectivity index (χ0n) is 17.8. The summed E-state index contributed by atoms with van der Waals surface area (Å²) in [5, 5.41) is 7.60. The Morgan fingerprint density at radius 2 is 1.82 bits per heavy atom. The number of thioether (sulfide) groups is 1. The quantitative estimate of drug-likeness (QED) is 0.183. The van der Waals surface area contributed by atoms with Gasteiger partial charge in [0.05, 0.1) is 18.9 Å². The summed E-state index contributed by atoms with van der Waals surface area (Å²) in [5.74, 6) is -2.55. The van der Waals surface area contributed by atoms with E-state index >= 15 is 0 Å². The standard InChI is InChI=1S/C22H19F3N2O4S3/c1-12(31-21(28)22(23,24)25)15-8-3-4-9-16(15)13-6-5-7-14(10-13)34(29,30)18-11-17(19(26)27)33-20(18)32-2/h3-12H,1-2H3,(H3,26,27). The molecule has 0 saturated heterocycles. The number of ether oxygens (including phenoxy) is 1. The zero-order chi connectivity index (χ0) is 25.3. The fourth-order valence-electron chi connectivity index (χ4n) is 3.18. The van der Waals surface area contributed by atoms with E-state index in [4.69, 9.17) is 11.1 Å². The second-order valence-corrected chi connectivity index (χ2v) is 11.1. The van der Waals surface area contributed by atoms with E-state index in [0.717, 1.165) is 11.3 Å². The molecule has 1 unspecified atom stereocenters. The molecule has 0 fully saturated rings. The molecule has 1 atom stereocenters. The Hall–Kier alpha value is -2.83. The molecule has 3 rings (SSSR count). The van der Waals surface area contributed by atoms with Crippen LogP contribution in [0.5, 0.6) is 0 Å². The number of hydrogen-bond acceptors (Lipinski definition) is 7. The van der Waals surface area contributed by atoms with Crippen LogP contribution in [-0.4, -0.2) is 32.7 Å². The number of nitrogens with two attached hydrogens (primary N) is 1. The third-order valence-corrected chi connectivity index (χ3v) is 9.11. The third kappa shape index (κ3) is 5.29. The highest BCUT2D eigenvalue weighted by molar-refractivity contribution is 8.01. The number of halogens is 3. The SMILES string of the molecule is CSc1sc(C(=N)N)cc1S(=O)(=O)c1cccc(-c2ccccc2C(C)OC(=O)C(F)(F)F)c1. The van der Waals surface area contributed by atoms with E-state index in [-0.39, 0.29) is 21.2 Å². The van der Waals surface area contributed by atoms with Gasteiger partial charge in [-0.05, 0) is 48.1 Å². The van der Waals surface area contributed by atoms with Gasteiger partial charge in [0.2, 0.25) is 9.84 Å². The number of benzene rings is 2. The number of hydrogen-bond donors (Lipinski definition) is 2. The first-order valence-electron chi connectivity index (χ1n) is 9.60. The Balaban J connectivity index is 2.05. The van der Waals surface area contributed by atoms with Gasteiger partial charge in [-0.15, -0.1) is 23.1 Å². The molecule has 0 radical (unpaired) electrons. The number of nitrogen functional groups attached to an aromatic ring is 1. The van der Waals surface area contributed by atoms with Crippen molar-refractivity contribution in [1.29, 1.82) is 5.41 Å². The lowest BCUT2D eigenvalue weighted by Gasteiger charge is -2.18. The summed E-state index contributed by atoms with van der Waals surface area (Å²) in [4.78, 5) is 11.6. The molecule has 2 aromatic carbocycles. The summed E-state index contributed by atoms with van der Waals surface area (Å²) in [5.41, 5.74) is 6.64. The number of amidine groups is 1. The Morgan fingerprint density at radius 1 is 1.15 bits per heavy atom. The van der Waals surface area contributed by atoms with Crippen molar-refractivity contribution in [2.45, 2.75) is 33.2 Å². The molecular weight excluding hydrogens is 509 g/mol. The molecule has 3 aromatic rings. The summed E-state index contributed by atoms with van der Waals surface area (Å²) < 4.78 is 69.8. The van der Waals surface area contributed by atoms with Crippen LogP contribution in [0, 0.1) is 5.41 Å². The molecule has 0 aliphatic heterocycles. The van der Waals surface area contributed by atoms with Crippen LogP contribution in [0.4, 0.5) is 13.2 Å². The highest BCUT2D eigenvalue weighted by atomic mass is 32.2. The van der Waals surface area contributed by atoms with Crippen LogP contribution >= 0.6 is 23.1 Å². The van der Waals surface area contributed by atoms with E-state index in [1.165, 1.54) is 49.0 Å². The molecule has 0 amide bonds. The van der Waals surface area contributed by atoms with Crippen LogP contribution in [0.3, 0.4) is 0 Å². The number of sulfone groups is 1. The first-order valence-corrected chi connectivity index (χ1v) is 13.1. The molecule has 180 valence electrons. The van der Waals surface area contributed by atoms with Crippen molar-refractivity contribution < 1.29 is 31.1 Å². The van der Waals surface area contributed by atoms with Gasteiger partial charge in [-0.3, -0.25) is 5.41 Å². The van der Waals surface area contributed by atoms with Gasteiger partial charge < -0.3 is 10.5 Å². The van der Waals surface area contributed by atoms with Crippen LogP contribution in [0.25, 0.3) is 11.1 Å². The summed E-state index contributed by atoms with van der Waals surface area (Å²) >= 11 is 2.31. The van der Waals surface area contributed by atoms with Gasteiger partial charge in [0.25, 0.3) is 0 Å². The van der Waals surface area contributed by atoms with E-state index in [1.54, 1.807) is 30.5 Å². The van der Waals surface area contributed by atoms with Gasteiger partial charge >= 0.3 is 12.1 Å². The molecular formula is C22H19F3N2O4S3. The van der Waals surface area contributed by atoms with Crippen molar-refractivity contribution in [3.63, 3.8) is 0 Å². The number of nitrogens with one attached hydrogen (secondary N) is 1. The van der Waals surface area contributed by atoms with E-state index in [9.17, 15) is 26.4 Å². The fraction of sp³-hybridized carbons (Fsp3) is 0.182. The fourth-order valence-corrected chi connectivity index (χ4v) is 7.09. The van der Waals surface area contributed by atoms with Gasteiger partial charge in [-0.25, -0.2) is 13.2 Å².